The molecular formula is C9H11F3N2O2S. The van der Waals surface area contributed by atoms with Crippen LogP contribution in [0.3, 0.4) is 0 Å². The lowest BCUT2D eigenvalue weighted by atomic mass is 10.3. The fraction of sp³-hybridized carbons (Fsp3) is 0.333. The summed E-state index contributed by atoms with van der Waals surface area (Å²) in [7, 11) is -1.31. The Morgan fingerprint density at radius 2 is 2.12 bits per heavy atom. The van der Waals surface area contributed by atoms with E-state index in [1.165, 1.54) is 6.07 Å². The van der Waals surface area contributed by atoms with Gasteiger partial charge < -0.3 is 10.2 Å². The van der Waals surface area contributed by atoms with E-state index in [2.05, 4.69) is 10.2 Å². The summed E-state index contributed by atoms with van der Waals surface area (Å²) < 4.78 is 51.2. The first-order valence-corrected chi connectivity index (χ1v) is 5.94. The first-order chi connectivity index (χ1) is 7.87. The number of benzene rings is 1. The molecule has 1 atom stereocenters. The molecule has 0 aliphatic heterocycles. The predicted octanol–water partition coefficient (Wildman–Crippen LogP) is 2.00. The maximum atomic E-state index is 12.0. The van der Waals surface area contributed by atoms with Gasteiger partial charge in [-0.15, -0.1) is 13.2 Å². The molecule has 17 heavy (non-hydrogen) atoms. The molecule has 1 rings (SSSR count). The van der Waals surface area contributed by atoms with Crippen LogP contribution >= 0.6 is 0 Å². The number of hydrogen-bond acceptors (Lipinski definition) is 4. The molecule has 1 aromatic carbocycles. The largest absolute Gasteiger partial charge is 0.573 e. The number of rotatable bonds is 4. The second kappa shape index (κ2) is 5.37. The van der Waals surface area contributed by atoms with Crippen LogP contribution in [-0.2, 0) is 10.8 Å². The van der Waals surface area contributed by atoms with Crippen LogP contribution in [0.2, 0.25) is 0 Å². The zero-order valence-electron chi connectivity index (χ0n) is 8.88. The lowest BCUT2D eigenvalue weighted by Gasteiger charge is -2.12. The number of alkyl halides is 3. The Labute approximate surface area is 98.4 Å². The van der Waals surface area contributed by atoms with Crippen LogP contribution in [0, 0.1) is 0 Å². The van der Waals surface area contributed by atoms with E-state index in [0.29, 0.717) is 10.6 Å². The summed E-state index contributed by atoms with van der Waals surface area (Å²) in [5, 5.41) is 0. The number of hydrazine groups is 1. The minimum atomic E-state index is -4.77. The van der Waals surface area contributed by atoms with E-state index in [4.69, 9.17) is 5.84 Å². The molecule has 96 valence electrons. The van der Waals surface area contributed by atoms with Crippen molar-refractivity contribution in [2.45, 2.75) is 18.2 Å². The third kappa shape index (κ3) is 3.90. The van der Waals surface area contributed by atoms with Gasteiger partial charge in [-0.3, -0.25) is 10.1 Å². The summed E-state index contributed by atoms with van der Waals surface area (Å²) in [5.41, 5.74) is 2.34. The molecule has 0 saturated heterocycles. The van der Waals surface area contributed by atoms with E-state index >= 15 is 0 Å². The van der Waals surface area contributed by atoms with Crippen LogP contribution in [0.25, 0.3) is 0 Å². The highest BCUT2D eigenvalue weighted by molar-refractivity contribution is 7.85. The van der Waals surface area contributed by atoms with Gasteiger partial charge in [-0.2, -0.15) is 0 Å². The molecule has 0 aromatic heterocycles. The highest BCUT2D eigenvalue weighted by atomic mass is 32.2. The van der Waals surface area contributed by atoms with Gasteiger partial charge in [0.25, 0.3) is 0 Å². The van der Waals surface area contributed by atoms with Crippen molar-refractivity contribution in [3.63, 3.8) is 0 Å². The minimum Gasteiger partial charge on any atom is -0.406 e. The first-order valence-electron chi connectivity index (χ1n) is 4.62. The number of nitrogens with two attached hydrogens (primary N) is 1. The van der Waals surface area contributed by atoms with E-state index in [0.717, 1.165) is 12.1 Å². The quantitative estimate of drug-likeness (QED) is 0.647. The van der Waals surface area contributed by atoms with Gasteiger partial charge in [0.1, 0.15) is 5.75 Å². The molecule has 0 heterocycles. The molecule has 0 aliphatic rings. The Hall–Kier alpha value is -1.28. The van der Waals surface area contributed by atoms with Gasteiger partial charge in [0.05, 0.1) is 21.4 Å². The van der Waals surface area contributed by atoms with Gasteiger partial charge in [0, 0.05) is 11.8 Å². The molecule has 0 aliphatic carbocycles. The highest BCUT2D eigenvalue weighted by Gasteiger charge is 2.31. The predicted molar refractivity (Wildman–Crippen MR) is 57.9 cm³/mol. The van der Waals surface area contributed by atoms with Gasteiger partial charge >= 0.3 is 6.36 Å². The number of nitrogen functional groups attached to an aromatic ring is 1. The maximum Gasteiger partial charge on any atom is 0.573 e. The average molecular weight is 268 g/mol. The minimum absolute atomic E-state index is 0.145. The summed E-state index contributed by atoms with van der Waals surface area (Å²) in [4.78, 5) is 0.338. The SMILES string of the molecule is CCS(=O)c1ccc(OC(F)(F)F)cc1NN. The van der Waals surface area contributed by atoms with Crippen molar-refractivity contribution in [1.29, 1.82) is 0 Å². The molecule has 0 amide bonds. The Balaban J connectivity index is 3.04. The van der Waals surface area contributed by atoms with Gasteiger partial charge in [-0.1, -0.05) is 6.92 Å². The monoisotopic (exact) mass is 268 g/mol. The van der Waals surface area contributed by atoms with Gasteiger partial charge in [-0.25, -0.2) is 0 Å². The topological polar surface area (TPSA) is 64.3 Å². The number of hydrogen-bond donors (Lipinski definition) is 2. The second-order valence-electron chi connectivity index (χ2n) is 2.98. The van der Waals surface area contributed by atoms with Crippen LogP contribution in [0.5, 0.6) is 5.75 Å². The van der Waals surface area contributed by atoms with Crippen LogP contribution in [0.15, 0.2) is 23.1 Å². The van der Waals surface area contributed by atoms with E-state index in [1.54, 1.807) is 6.92 Å². The summed E-state index contributed by atoms with van der Waals surface area (Å²) in [5.74, 6) is 5.08. The van der Waals surface area contributed by atoms with Crippen molar-refractivity contribution < 1.29 is 22.1 Å². The van der Waals surface area contributed by atoms with Crippen molar-refractivity contribution in [3.8, 4) is 5.75 Å². The summed E-state index contributed by atoms with van der Waals surface area (Å²) >= 11 is 0. The molecular weight excluding hydrogens is 257 g/mol. The van der Waals surface area contributed by atoms with E-state index in [-0.39, 0.29) is 5.69 Å². The number of nitrogens with one attached hydrogen (secondary N) is 1. The van der Waals surface area contributed by atoms with Crippen LogP contribution in [0.1, 0.15) is 6.92 Å². The van der Waals surface area contributed by atoms with E-state index in [1.807, 2.05) is 0 Å². The normalized spacial score (nSPS) is 13.2. The molecule has 1 unspecified atom stereocenters. The van der Waals surface area contributed by atoms with Crippen molar-refractivity contribution in [3.05, 3.63) is 18.2 Å². The van der Waals surface area contributed by atoms with Gasteiger partial charge in [0.2, 0.25) is 0 Å². The van der Waals surface area contributed by atoms with E-state index < -0.39 is 22.9 Å². The molecule has 0 bridgehead atoms. The zero-order valence-corrected chi connectivity index (χ0v) is 9.69. The fourth-order valence-corrected chi connectivity index (χ4v) is 2.07. The molecule has 3 N–H and O–H groups in total. The smallest absolute Gasteiger partial charge is 0.406 e. The standard InChI is InChI=1S/C9H11F3N2O2S/c1-2-17(15)8-4-3-6(5-7(8)14-13)16-9(10,11)12/h3-5,14H,2,13H2,1H3. The molecule has 8 heteroatoms. The molecule has 0 radical (unpaired) electrons. The highest BCUT2D eigenvalue weighted by Crippen LogP contribution is 2.28. The number of anilines is 1. The molecule has 0 fully saturated rings. The Kier molecular flexibility index (Phi) is 4.35. The molecule has 1 aromatic rings. The van der Waals surface area contributed by atoms with Crippen molar-refractivity contribution in [1.82, 2.24) is 0 Å². The zero-order chi connectivity index (χ0) is 13.1. The second-order valence-corrected chi connectivity index (χ2v) is 4.69. The van der Waals surface area contributed by atoms with E-state index in [9.17, 15) is 17.4 Å². The lowest BCUT2D eigenvalue weighted by Crippen LogP contribution is -2.18. The van der Waals surface area contributed by atoms with Gasteiger partial charge in [0.15, 0.2) is 0 Å². The molecule has 0 saturated carbocycles. The first kappa shape index (κ1) is 13.8. The van der Waals surface area contributed by atoms with Gasteiger partial charge in [-0.05, 0) is 12.1 Å². The average Bonchev–Trinajstić information content (AvgIpc) is 2.25. The van der Waals surface area contributed by atoms with Crippen LogP contribution in [-0.4, -0.2) is 16.3 Å². The third-order valence-corrected chi connectivity index (χ3v) is 3.22. The van der Waals surface area contributed by atoms with Crippen molar-refractivity contribution in [2.75, 3.05) is 11.2 Å². The van der Waals surface area contributed by atoms with Crippen LogP contribution < -0.4 is 16.0 Å². The Morgan fingerprint density at radius 1 is 1.47 bits per heavy atom. The summed E-state index contributed by atoms with van der Waals surface area (Å²) in [6, 6.07) is 3.43. The summed E-state index contributed by atoms with van der Waals surface area (Å²) in [6.45, 7) is 1.69. The lowest BCUT2D eigenvalue weighted by molar-refractivity contribution is -0.274. The fourth-order valence-electron chi connectivity index (χ4n) is 1.17. The third-order valence-electron chi connectivity index (χ3n) is 1.85. The Bertz CT molecular complexity index is 423. The van der Waals surface area contributed by atoms with Crippen LogP contribution in [0.4, 0.5) is 18.9 Å². The number of ether oxygens (including phenoxy) is 1. The molecule has 0 spiro atoms. The molecule has 4 nitrogen and oxygen atoms in total. The van der Waals surface area contributed by atoms with Crippen molar-refractivity contribution in [2.24, 2.45) is 5.84 Å². The van der Waals surface area contributed by atoms with Crippen molar-refractivity contribution >= 4 is 16.5 Å². The Morgan fingerprint density at radius 3 is 2.59 bits per heavy atom. The summed E-state index contributed by atoms with van der Waals surface area (Å²) in [6.07, 6.45) is -4.77. The number of halogens is 3. The maximum absolute atomic E-state index is 12.0.